The Balaban J connectivity index is 2.27. The zero-order chi connectivity index (χ0) is 12.7. The normalized spacial score (nSPS) is 11.6. The fraction of sp³-hybridized carbons (Fsp3) is 0.500. The van der Waals surface area contributed by atoms with Gasteiger partial charge in [-0.2, -0.15) is 0 Å². The molecule has 1 aromatic carbocycles. The van der Waals surface area contributed by atoms with E-state index in [0.717, 1.165) is 5.56 Å². The van der Waals surface area contributed by atoms with Crippen molar-refractivity contribution >= 4 is 9.84 Å². The average molecular weight is 259 g/mol. The first-order valence-corrected chi connectivity index (χ1v) is 7.51. The summed E-state index contributed by atoms with van der Waals surface area (Å²) in [6.45, 7) is 2.84. The molecule has 0 spiro atoms. The first kappa shape index (κ1) is 14.1. The molecular weight excluding hydrogens is 241 g/mol. The van der Waals surface area contributed by atoms with E-state index in [1.807, 2.05) is 6.92 Å². The molecule has 0 aliphatic heterocycles. The number of benzene rings is 1. The zero-order valence-corrected chi connectivity index (χ0v) is 10.8. The summed E-state index contributed by atoms with van der Waals surface area (Å²) >= 11 is 0. The minimum Gasteiger partial charge on any atom is -0.312 e. The number of halogens is 1. The van der Waals surface area contributed by atoms with Gasteiger partial charge in [-0.05, 0) is 24.1 Å². The van der Waals surface area contributed by atoms with E-state index < -0.39 is 9.84 Å². The van der Waals surface area contributed by atoms with Crippen LogP contribution in [0.25, 0.3) is 0 Å². The summed E-state index contributed by atoms with van der Waals surface area (Å²) in [5.74, 6) is 0.132. The quantitative estimate of drug-likeness (QED) is 0.759. The van der Waals surface area contributed by atoms with Crippen molar-refractivity contribution in [3.63, 3.8) is 0 Å². The van der Waals surface area contributed by atoms with Gasteiger partial charge < -0.3 is 5.32 Å². The molecule has 1 N–H and O–H groups in total. The standard InChI is InChI=1S/C12H18FNO2S/c1-2-8-17(15,16)9-7-14-10-11-3-5-12(13)6-4-11/h3-6,14H,2,7-10H2,1H3. The van der Waals surface area contributed by atoms with E-state index in [-0.39, 0.29) is 17.3 Å². The molecule has 0 aliphatic carbocycles. The second kappa shape index (κ2) is 6.71. The molecule has 1 aromatic rings. The van der Waals surface area contributed by atoms with Crippen LogP contribution in [0.4, 0.5) is 4.39 Å². The van der Waals surface area contributed by atoms with Crippen LogP contribution in [0, 0.1) is 5.82 Å². The number of nitrogens with one attached hydrogen (secondary N) is 1. The first-order valence-electron chi connectivity index (χ1n) is 5.69. The predicted molar refractivity (Wildman–Crippen MR) is 67.1 cm³/mol. The van der Waals surface area contributed by atoms with Crippen LogP contribution < -0.4 is 5.32 Å². The zero-order valence-electron chi connectivity index (χ0n) is 9.95. The molecular formula is C12H18FNO2S. The van der Waals surface area contributed by atoms with Gasteiger partial charge in [-0.25, -0.2) is 12.8 Å². The minimum atomic E-state index is -2.92. The SMILES string of the molecule is CCCS(=O)(=O)CCNCc1ccc(F)cc1. The molecule has 0 radical (unpaired) electrons. The van der Waals surface area contributed by atoms with Crippen LogP contribution in [0.5, 0.6) is 0 Å². The first-order chi connectivity index (χ1) is 8.03. The van der Waals surface area contributed by atoms with Crippen molar-refractivity contribution in [3.8, 4) is 0 Å². The lowest BCUT2D eigenvalue weighted by Gasteiger charge is -2.05. The predicted octanol–water partition coefficient (Wildman–Crippen LogP) is 1.74. The van der Waals surface area contributed by atoms with Gasteiger partial charge in [0.1, 0.15) is 5.82 Å². The Hall–Kier alpha value is -0.940. The maximum Gasteiger partial charge on any atom is 0.151 e. The Morgan fingerprint density at radius 1 is 1.18 bits per heavy atom. The molecule has 0 fully saturated rings. The second-order valence-corrected chi connectivity index (χ2v) is 6.26. The minimum absolute atomic E-state index is 0.155. The molecule has 1 rings (SSSR count). The molecule has 3 nitrogen and oxygen atoms in total. The maximum absolute atomic E-state index is 12.6. The van der Waals surface area contributed by atoms with Crippen LogP contribution in [0.1, 0.15) is 18.9 Å². The number of rotatable bonds is 7. The Morgan fingerprint density at radius 3 is 2.41 bits per heavy atom. The largest absolute Gasteiger partial charge is 0.312 e. The summed E-state index contributed by atoms with van der Waals surface area (Å²) in [4.78, 5) is 0. The van der Waals surface area contributed by atoms with Crippen molar-refractivity contribution in [2.24, 2.45) is 0 Å². The molecule has 0 bridgehead atoms. The van der Waals surface area contributed by atoms with Crippen molar-refractivity contribution < 1.29 is 12.8 Å². The molecule has 0 aliphatic rings. The molecule has 96 valence electrons. The summed E-state index contributed by atoms with van der Waals surface area (Å²) in [6, 6.07) is 6.15. The highest BCUT2D eigenvalue weighted by Crippen LogP contribution is 2.02. The third-order valence-corrected chi connectivity index (χ3v) is 4.20. The summed E-state index contributed by atoms with van der Waals surface area (Å²) in [6.07, 6.45) is 0.653. The summed E-state index contributed by atoms with van der Waals surface area (Å²) in [7, 11) is -2.92. The fourth-order valence-corrected chi connectivity index (χ4v) is 2.76. The third kappa shape index (κ3) is 5.79. The average Bonchev–Trinajstić information content (AvgIpc) is 2.27. The van der Waals surface area contributed by atoms with E-state index in [0.29, 0.717) is 19.5 Å². The lowest BCUT2D eigenvalue weighted by molar-refractivity contribution is 0.589. The van der Waals surface area contributed by atoms with Crippen LogP contribution >= 0.6 is 0 Å². The summed E-state index contributed by atoms with van der Waals surface area (Å²) in [5, 5.41) is 3.03. The maximum atomic E-state index is 12.6. The van der Waals surface area contributed by atoms with Crippen molar-refractivity contribution in [3.05, 3.63) is 35.6 Å². The molecule has 0 atom stereocenters. The van der Waals surface area contributed by atoms with Crippen molar-refractivity contribution in [1.82, 2.24) is 5.32 Å². The van der Waals surface area contributed by atoms with Crippen LogP contribution in [0.3, 0.4) is 0 Å². The van der Waals surface area contributed by atoms with Crippen molar-refractivity contribution in [2.75, 3.05) is 18.1 Å². The smallest absolute Gasteiger partial charge is 0.151 e. The molecule has 17 heavy (non-hydrogen) atoms. The van der Waals surface area contributed by atoms with Gasteiger partial charge in [-0.15, -0.1) is 0 Å². The third-order valence-electron chi connectivity index (χ3n) is 2.35. The van der Waals surface area contributed by atoms with Crippen LogP contribution in [-0.2, 0) is 16.4 Å². The van der Waals surface area contributed by atoms with E-state index in [1.54, 1.807) is 12.1 Å². The molecule has 0 aromatic heterocycles. The highest BCUT2D eigenvalue weighted by Gasteiger charge is 2.07. The van der Waals surface area contributed by atoms with Crippen molar-refractivity contribution in [2.45, 2.75) is 19.9 Å². The molecule has 0 saturated heterocycles. The van der Waals surface area contributed by atoms with E-state index >= 15 is 0 Å². The van der Waals surface area contributed by atoms with E-state index in [9.17, 15) is 12.8 Å². The van der Waals surface area contributed by atoms with Gasteiger partial charge >= 0.3 is 0 Å². The molecule has 0 unspecified atom stereocenters. The van der Waals surface area contributed by atoms with Crippen LogP contribution in [0.15, 0.2) is 24.3 Å². The van der Waals surface area contributed by atoms with Gasteiger partial charge in [-0.1, -0.05) is 19.1 Å². The lowest BCUT2D eigenvalue weighted by Crippen LogP contribution is -2.24. The van der Waals surface area contributed by atoms with E-state index in [2.05, 4.69) is 5.32 Å². The molecule has 5 heteroatoms. The van der Waals surface area contributed by atoms with E-state index in [1.165, 1.54) is 12.1 Å². The van der Waals surface area contributed by atoms with Crippen LogP contribution in [0.2, 0.25) is 0 Å². The highest BCUT2D eigenvalue weighted by molar-refractivity contribution is 7.91. The van der Waals surface area contributed by atoms with Gasteiger partial charge in [0.2, 0.25) is 0 Å². The van der Waals surface area contributed by atoms with Gasteiger partial charge in [0, 0.05) is 18.8 Å². The summed E-state index contributed by atoms with van der Waals surface area (Å²) < 4.78 is 35.4. The Labute approximate surface area is 102 Å². The number of hydrogen-bond donors (Lipinski definition) is 1. The van der Waals surface area contributed by atoms with Crippen LogP contribution in [-0.4, -0.2) is 26.5 Å². The second-order valence-electron chi connectivity index (χ2n) is 3.96. The Morgan fingerprint density at radius 2 is 1.82 bits per heavy atom. The highest BCUT2D eigenvalue weighted by atomic mass is 32.2. The van der Waals surface area contributed by atoms with Gasteiger partial charge in [0.05, 0.1) is 5.75 Å². The van der Waals surface area contributed by atoms with Gasteiger partial charge in [0.15, 0.2) is 9.84 Å². The van der Waals surface area contributed by atoms with Gasteiger partial charge in [-0.3, -0.25) is 0 Å². The van der Waals surface area contributed by atoms with E-state index in [4.69, 9.17) is 0 Å². The summed E-state index contributed by atoms with van der Waals surface area (Å²) in [5.41, 5.74) is 0.944. The molecule has 0 amide bonds. The Bertz CT molecular complexity index is 428. The van der Waals surface area contributed by atoms with Crippen molar-refractivity contribution in [1.29, 1.82) is 0 Å². The fourth-order valence-electron chi connectivity index (χ4n) is 1.48. The molecule has 0 saturated carbocycles. The number of hydrogen-bond acceptors (Lipinski definition) is 3. The van der Waals surface area contributed by atoms with Gasteiger partial charge in [0.25, 0.3) is 0 Å². The monoisotopic (exact) mass is 259 g/mol. The Kier molecular flexibility index (Phi) is 5.58. The lowest BCUT2D eigenvalue weighted by atomic mass is 10.2. The molecule has 0 heterocycles. The number of sulfone groups is 1. The topological polar surface area (TPSA) is 46.2 Å².